The summed E-state index contributed by atoms with van der Waals surface area (Å²) in [6, 6.07) is 5.72. The predicted octanol–water partition coefficient (Wildman–Crippen LogP) is 3.46. The molecule has 0 fully saturated rings. The molecule has 0 spiro atoms. The van der Waals surface area contributed by atoms with Gasteiger partial charge in [0.2, 0.25) is 0 Å². The summed E-state index contributed by atoms with van der Waals surface area (Å²) in [5.41, 5.74) is 0. The van der Waals surface area contributed by atoms with E-state index in [1.165, 1.54) is 0 Å². The van der Waals surface area contributed by atoms with Gasteiger partial charge in [0, 0.05) is 12.4 Å². The van der Waals surface area contributed by atoms with Crippen molar-refractivity contribution in [2.45, 2.75) is 0 Å². The van der Waals surface area contributed by atoms with E-state index in [1.54, 1.807) is 12.4 Å². The van der Waals surface area contributed by atoms with Gasteiger partial charge in [-0.05, 0) is 12.1 Å². The number of halogens is 4. The Labute approximate surface area is 85.1 Å². The van der Waals surface area contributed by atoms with Crippen molar-refractivity contribution >= 4 is 49.6 Å². The molecule has 1 aromatic rings. The van der Waals surface area contributed by atoms with Crippen LogP contribution >= 0.6 is 44.3 Å². The van der Waals surface area contributed by atoms with Crippen molar-refractivity contribution in [3.63, 3.8) is 0 Å². The first-order chi connectivity index (χ1) is 5.00. The molecular weight excluding hydrogens is 244 g/mol. The van der Waals surface area contributed by atoms with Crippen LogP contribution in [-0.2, 0) is 0 Å². The van der Waals surface area contributed by atoms with Crippen LogP contribution in [0.15, 0.2) is 30.6 Å². The van der Waals surface area contributed by atoms with Gasteiger partial charge in [-0.15, -0.1) is 44.3 Å². The second-order valence-electron chi connectivity index (χ2n) is 1.45. The third-order valence-electron chi connectivity index (χ3n) is 0.566. The minimum absolute atomic E-state index is 1.75. The Kier molecular flexibility index (Phi) is 6.38. The number of hydrogen-bond donors (Lipinski definition) is 0. The van der Waals surface area contributed by atoms with Gasteiger partial charge >= 0.3 is 5.31 Å². The van der Waals surface area contributed by atoms with Gasteiger partial charge in [-0.25, -0.2) is 0 Å². The van der Waals surface area contributed by atoms with Crippen LogP contribution in [0.2, 0.25) is 0 Å². The number of rotatable bonds is 0. The van der Waals surface area contributed by atoms with Crippen LogP contribution in [0.5, 0.6) is 0 Å². The summed E-state index contributed by atoms with van der Waals surface area (Å²) >= 11 is 19.9. The molecule has 1 heterocycles. The summed E-state index contributed by atoms with van der Waals surface area (Å²) in [6.45, 7) is 0. The van der Waals surface area contributed by atoms with E-state index in [4.69, 9.17) is 44.3 Å². The summed E-state index contributed by atoms with van der Waals surface area (Å²) in [6.07, 6.45) is 3.50. The molecule has 0 saturated carbocycles. The lowest BCUT2D eigenvalue weighted by Crippen LogP contribution is -1.91. The second-order valence-corrected chi connectivity index (χ2v) is 12.6. The molecule has 1 aromatic heterocycles. The molecule has 0 aromatic carbocycles. The first-order valence-corrected chi connectivity index (χ1v) is 8.65. The van der Waals surface area contributed by atoms with Crippen molar-refractivity contribution < 1.29 is 0 Å². The van der Waals surface area contributed by atoms with Crippen molar-refractivity contribution in [2.24, 2.45) is 0 Å². The molecule has 0 radical (unpaired) electrons. The molecule has 0 unspecified atom stereocenters. The van der Waals surface area contributed by atoms with Crippen molar-refractivity contribution in [1.29, 1.82) is 0 Å². The molecule has 0 aliphatic carbocycles. The third-order valence-corrected chi connectivity index (χ3v) is 0.566. The van der Waals surface area contributed by atoms with Gasteiger partial charge in [0.1, 0.15) is 0 Å². The highest BCUT2D eigenvalue weighted by Gasteiger charge is 2.19. The Morgan fingerprint density at radius 2 is 1.18 bits per heavy atom. The fourth-order valence-corrected chi connectivity index (χ4v) is 0.313. The zero-order valence-corrected chi connectivity index (χ0v) is 9.37. The molecule has 0 aliphatic heterocycles. The van der Waals surface area contributed by atoms with Crippen LogP contribution in [0, 0.1) is 0 Å². The van der Waals surface area contributed by atoms with Gasteiger partial charge in [0.25, 0.3) is 0 Å². The molecule has 0 N–H and O–H groups in total. The summed E-state index contributed by atoms with van der Waals surface area (Å²) < 4.78 is 0. The molecule has 6 heteroatoms. The van der Waals surface area contributed by atoms with Crippen molar-refractivity contribution in [3.05, 3.63) is 30.6 Å². The smallest absolute Gasteiger partial charge is 0.265 e. The van der Waals surface area contributed by atoms with E-state index in [1.807, 2.05) is 18.2 Å². The second kappa shape index (κ2) is 6.09. The molecule has 0 atom stereocenters. The molecule has 0 amide bonds. The summed E-state index contributed by atoms with van der Waals surface area (Å²) in [7, 11) is 0. The van der Waals surface area contributed by atoms with Gasteiger partial charge in [0.15, 0.2) is 0 Å². The predicted molar refractivity (Wildman–Crippen MR) is 53.4 cm³/mol. The standard InChI is InChI=1S/C5H5N.Cl4Si/c1-2-4-6-5-3-1;1-5(2,3)4/h1-5H;. The summed E-state index contributed by atoms with van der Waals surface area (Å²) in [4.78, 5) is 3.78. The molecule has 1 nitrogen and oxygen atoms in total. The zero-order chi connectivity index (χ0) is 8.74. The molecular formula is C5H5Cl4NSi. The van der Waals surface area contributed by atoms with Gasteiger partial charge in [-0.2, -0.15) is 0 Å². The minimum Gasteiger partial charge on any atom is -0.265 e. The Morgan fingerprint density at radius 1 is 0.818 bits per heavy atom. The van der Waals surface area contributed by atoms with Crippen molar-refractivity contribution in [3.8, 4) is 0 Å². The number of aromatic nitrogens is 1. The normalized spacial score (nSPS) is 9.82. The maximum absolute atomic E-state index is 4.97. The van der Waals surface area contributed by atoms with Gasteiger partial charge in [0.05, 0.1) is 0 Å². The van der Waals surface area contributed by atoms with Crippen molar-refractivity contribution in [2.75, 3.05) is 0 Å². The maximum atomic E-state index is 4.97. The molecule has 11 heavy (non-hydrogen) atoms. The Hall–Kier alpha value is 0.527. The Balaban J connectivity index is 0.000000187. The fraction of sp³-hybridized carbons (Fsp3) is 0. The van der Waals surface area contributed by atoms with Gasteiger partial charge < -0.3 is 0 Å². The zero-order valence-electron chi connectivity index (χ0n) is 5.35. The SMILES string of the molecule is Cl[Si](Cl)(Cl)Cl.c1ccncc1. The van der Waals surface area contributed by atoms with Gasteiger partial charge in [-0.1, -0.05) is 6.07 Å². The summed E-state index contributed by atoms with van der Waals surface area (Å²) in [5, 5.41) is -2.72. The molecule has 0 saturated heterocycles. The molecule has 0 bridgehead atoms. The highest BCUT2D eigenvalue weighted by molar-refractivity contribution is 7.81. The molecule has 0 aliphatic rings. The number of pyridine rings is 1. The Morgan fingerprint density at radius 3 is 1.27 bits per heavy atom. The number of hydrogen-bond acceptors (Lipinski definition) is 1. The first-order valence-electron chi connectivity index (χ1n) is 2.61. The lowest BCUT2D eigenvalue weighted by molar-refractivity contribution is 1.33. The van der Waals surface area contributed by atoms with E-state index < -0.39 is 5.31 Å². The average Bonchev–Trinajstić information content (AvgIpc) is 1.88. The third kappa shape index (κ3) is 18.0. The van der Waals surface area contributed by atoms with E-state index in [0.717, 1.165) is 0 Å². The number of nitrogens with zero attached hydrogens (tertiary/aromatic N) is 1. The van der Waals surface area contributed by atoms with Crippen LogP contribution in [0.3, 0.4) is 0 Å². The van der Waals surface area contributed by atoms with Gasteiger partial charge in [-0.3, -0.25) is 4.98 Å². The largest absolute Gasteiger partial charge is 0.440 e. The lowest BCUT2D eigenvalue weighted by atomic mass is 10.5. The van der Waals surface area contributed by atoms with Crippen molar-refractivity contribution in [1.82, 2.24) is 4.98 Å². The van der Waals surface area contributed by atoms with Crippen LogP contribution in [0.1, 0.15) is 0 Å². The fourth-order valence-electron chi connectivity index (χ4n) is 0.313. The quantitative estimate of drug-likeness (QED) is 0.506. The highest BCUT2D eigenvalue weighted by Crippen LogP contribution is 2.23. The monoisotopic (exact) mass is 247 g/mol. The van der Waals surface area contributed by atoms with E-state index in [9.17, 15) is 0 Å². The van der Waals surface area contributed by atoms with Crippen LogP contribution < -0.4 is 0 Å². The minimum atomic E-state index is -2.72. The molecule has 1 rings (SSSR count). The van der Waals surface area contributed by atoms with E-state index in [0.29, 0.717) is 0 Å². The van der Waals surface area contributed by atoms with E-state index in [2.05, 4.69) is 4.98 Å². The first kappa shape index (κ1) is 11.5. The lowest BCUT2D eigenvalue weighted by Gasteiger charge is -1.85. The topological polar surface area (TPSA) is 12.9 Å². The summed E-state index contributed by atoms with van der Waals surface area (Å²) in [5.74, 6) is 0. The van der Waals surface area contributed by atoms with Crippen LogP contribution in [0.25, 0.3) is 0 Å². The Bertz CT molecular complexity index is 143. The van der Waals surface area contributed by atoms with Crippen LogP contribution in [0.4, 0.5) is 0 Å². The van der Waals surface area contributed by atoms with E-state index >= 15 is 0 Å². The highest BCUT2D eigenvalue weighted by atomic mass is 36.0. The van der Waals surface area contributed by atoms with E-state index in [-0.39, 0.29) is 0 Å². The molecule has 62 valence electrons. The average molecular weight is 249 g/mol. The van der Waals surface area contributed by atoms with Crippen LogP contribution in [-0.4, -0.2) is 10.3 Å². The maximum Gasteiger partial charge on any atom is 0.440 e.